The van der Waals surface area contributed by atoms with Crippen LogP contribution in [-0.2, 0) is 10.5 Å². The molecule has 0 aromatic heterocycles. The molecule has 0 fully saturated rings. The molecule has 0 saturated carbocycles. The Morgan fingerprint density at radius 1 is 1.09 bits per heavy atom. The first-order valence-corrected chi connectivity index (χ1v) is 9.52. The second-order valence-electron chi connectivity index (χ2n) is 4.63. The van der Waals surface area contributed by atoms with Crippen LogP contribution in [-0.4, -0.2) is 24.0 Å². The van der Waals surface area contributed by atoms with Gasteiger partial charge in [-0.25, -0.2) is 0 Å². The largest absolute Gasteiger partial charge is 0.355 e. The highest BCUT2D eigenvalue weighted by Crippen LogP contribution is 2.17. The van der Waals surface area contributed by atoms with Crippen LogP contribution >= 0.6 is 35.1 Å². The molecule has 0 heterocycles. The van der Waals surface area contributed by atoms with Gasteiger partial charge in [0.15, 0.2) is 0 Å². The third-order valence-corrected chi connectivity index (χ3v) is 5.12. The first-order valence-electron chi connectivity index (χ1n) is 7.01. The number of nitrogens with one attached hydrogen (secondary N) is 1. The zero-order valence-corrected chi connectivity index (χ0v) is 14.5. The summed E-state index contributed by atoms with van der Waals surface area (Å²) in [5, 5.41) is 3.71. The number of thioether (sulfide) groups is 2. The number of carbonyl (C=O) groups excluding carboxylic acids is 1. The Balaban J connectivity index is 1.55. The molecular formula is C17H18ClNOS2. The van der Waals surface area contributed by atoms with E-state index in [0.717, 1.165) is 21.4 Å². The maximum Gasteiger partial charge on any atom is 0.230 e. The van der Waals surface area contributed by atoms with E-state index in [4.69, 9.17) is 11.6 Å². The summed E-state index contributed by atoms with van der Waals surface area (Å²) >= 11 is 9.29. The van der Waals surface area contributed by atoms with Crippen LogP contribution in [0.3, 0.4) is 0 Å². The molecule has 2 nitrogen and oxygen atoms in total. The molecule has 2 rings (SSSR count). The monoisotopic (exact) mass is 351 g/mol. The summed E-state index contributed by atoms with van der Waals surface area (Å²) in [5.41, 5.74) is 1.21. The predicted octanol–water partition coefficient (Wildman–Crippen LogP) is 4.48. The average Bonchev–Trinajstić information content (AvgIpc) is 2.54. The average molecular weight is 352 g/mol. The molecule has 1 N–H and O–H groups in total. The molecule has 0 radical (unpaired) electrons. The number of rotatable bonds is 8. The maximum absolute atomic E-state index is 11.7. The summed E-state index contributed by atoms with van der Waals surface area (Å²) in [4.78, 5) is 12.9. The number of benzene rings is 2. The Labute approximate surface area is 145 Å². The van der Waals surface area contributed by atoms with Crippen LogP contribution < -0.4 is 5.32 Å². The Kier molecular flexibility index (Phi) is 7.71. The molecule has 2 aromatic rings. The lowest BCUT2D eigenvalue weighted by atomic mass is 10.2. The highest BCUT2D eigenvalue weighted by Gasteiger charge is 2.02. The van der Waals surface area contributed by atoms with Crippen molar-refractivity contribution in [1.29, 1.82) is 0 Å². The lowest BCUT2D eigenvalue weighted by molar-refractivity contribution is -0.118. The van der Waals surface area contributed by atoms with Gasteiger partial charge in [0.25, 0.3) is 0 Å². The van der Waals surface area contributed by atoms with E-state index in [1.165, 1.54) is 5.56 Å². The molecule has 0 unspecified atom stereocenters. The van der Waals surface area contributed by atoms with Crippen LogP contribution in [0.5, 0.6) is 0 Å². The van der Waals surface area contributed by atoms with Gasteiger partial charge in [-0.1, -0.05) is 41.9 Å². The predicted molar refractivity (Wildman–Crippen MR) is 97.8 cm³/mol. The van der Waals surface area contributed by atoms with E-state index in [1.807, 2.05) is 48.5 Å². The van der Waals surface area contributed by atoms with Crippen LogP contribution in [0.2, 0.25) is 5.02 Å². The zero-order chi connectivity index (χ0) is 15.6. The molecule has 2 aromatic carbocycles. The minimum absolute atomic E-state index is 0.0807. The molecule has 22 heavy (non-hydrogen) atoms. The number of carbonyl (C=O) groups is 1. The lowest BCUT2D eigenvalue weighted by Crippen LogP contribution is -2.27. The van der Waals surface area contributed by atoms with Crippen LogP contribution in [0, 0.1) is 0 Å². The maximum atomic E-state index is 11.7. The van der Waals surface area contributed by atoms with Gasteiger partial charge in [0.05, 0.1) is 5.75 Å². The molecule has 116 valence electrons. The van der Waals surface area contributed by atoms with Gasteiger partial charge in [0, 0.05) is 28.0 Å². The fraction of sp³-hybridized carbons (Fsp3) is 0.235. The first-order chi connectivity index (χ1) is 10.7. The molecule has 1 amide bonds. The minimum Gasteiger partial charge on any atom is -0.355 e. The summed E-state index contributed by atoms with van der Waals surface area (Å²) in [6.45, 7) is 0.694. The molecule has 0 saturated heterocycles. The van der Waals surface area contributed by atoms with E-state index in [0.29, 0.717) is 12.3 Å². The molecule has 5 heteroatoms. The fourth-order valence-corrected chi connectivity index (χ4v) is 3.56. The summed E-state index contributed by atoms with van der Waals surface area (Å²) in [5.74, 6) is 2.35. The Morgan fingerprint density at radius 2 is 1.91 bits per heavy atom. The number of amides is 1. The van der Waals surface area contributed by atoms with Gasteiger partial charge in [-0.15, -0.1) is 11.8 Å². The van der Waals surface area contributed by atoms with Gasteiger partial charge in [-0.2, -0.15) is 11.8 Å². The van der Waals surface area contributed by atoms with Crippen molar-refractivity contribution in [1.82, 2.24) is 5.32 Å². The highest BCUT2D eigenvalue weighted by atomic mass is 35.5. The summed E-state index contributed by atoms with van der Waals surface area (Å²) in [6, 6.07) is 17.8. The zero-order valence-electron chi connectivity index (χ0n) is 12.1. The summed E-state index contributed by atoms with van der Waals surface area (Å²) in [7, 11) is 0. The fourth-order valence-electron chi connectivity index (χ4n) is 1.80. The van der Waals surface area contributed by atoms with Gasteiger partial charge in [-0.3, -0.25) is 4.79 Å². The van der Waals surface area contributed by atoms with Crippen molar-refractivity contribution in [2.24, 2.45) is 0 Å². The number of hydrogen-bond donors (Lipinski definition) is 1. The highest BCUT2D eigenvalue weighted by molar-refractivity contribution is 8.00. The third kappa shape index (κ3) is 6.77. The Hall–Kier alpha value is -1.10. The first kappa shape index (κ1) is 17.3. The molecule has 0 aliphatic heterocycles. The Bertz CT molecular complexity index is 592. The number of halogens is 1. The molecule has 0 atom stereocenters. The third-order valence-electron chi connectivity index (χ3n) is 2.84. The second-order valence-corrected chi connectivity index (χ2v) is 7.22. The van der Waals surface area contributed by atoms with Crippen molar-refractivity contribution >= 4 is 41.0 Å². The van der Waals surface area contributed by atoms with Crippen LogP contribution in [0.15, 0.2) is 59.5 Å². The molecule has 0 aliphatic rings. The second kappa shape index (κ2) is 9.82. The van der Waals surface area contributed by atoms with Crippen LogP contribution in [0.4, 0.5) is 0 Å². The van der Waals surface area contributed by atoms with Gasteiger partial charge >= 0.3 is 0 Å². The van der Waals surface area contributed by atoms with Crippen LogP contribution in [0.1, 0.15) is 5.56 Å². The van der Waals surface area contributed by atoms with E-state index in [2.05, 4.69) is 11.4 Å². The number of hydrogen-bond acceptors (Lipinski definition) is 3. The molecular weight excluding hydrogens is 334 g/mol. The Morgan fingerprint density at radius 3 is 2.68 bits per heavy atom. The summed E-state index contributed by atoms with van der Waals surface area (Å²) in [6.07, 6.45) is 0. The van der Waals surface area contributed by atoms with Gasteiger partial charge in [0.1, 0.15) is 0 Å². The van der Waals surface area contributed by atoms with Crippen molar-refractivity contribution in [2.75, 3.05) is 18.1 Å². The molecule has 0 spiro atoms. The van der Waals surface area contributed by atoms with Gasteiger partial charge in [-0.05, 0) is 29.8 Å². The van der Waals surface area contributed by atoms with E-state index in [1.54, 1.807) is 23.5 Å². The molecule has 0 aliphatic carbocycles. The van der Waals surface area contributed by atoms with Crippen LogP contribution in [0.25, 0.3) is 0 Å². The summed E-state index contributed by atoms with van der Waals surface area (Å²) < 4.78 is 0. The topological polar surface area (TPSA) is 29.1 Å². The van der Waals surface area contributed by atoms with Gasteiger partial charge in [0.2, 0.25) is 5.91 Å². The van der Waals surface area contributed by atoms with Gasteiger partial charge < -0.3 is 5.32 Å². The van der Waals surface area contributed by atoms with Crippen molar-refractivity contribution < 1.29 is 4.79 Å². The molecule has 0 bridgehead atoms. The van der Waals surface area contributed by atoms with Crippen molar-refractivity contribution in [3.63, 3.8) is 0 Å². The van der Waals surface area contributed by atoms with E-state index in [9.17, 15) is 4.79 Å². The standard InChI is InChI=1S/C17H18ClNOS2/c18-15-6-4-5-14(11-15)12-21-10-9-19-17(20)13-22-16-7-2-1-3-8-16/h1-8,11H,9-10,12-13H2,(H,19,20). The lowest BCUT2D eigenvalue weighted by Gasteiger charge is -2.06. The van der Waals surface area contributed by atoms with E-state index < -0.39 is 0 Å². The SMILES string of the molecule is O=C(CSc1ccccc1)NCCSCc1cccc(Cl)c1. The quantitative estimate of drug-likeness (QED) is 0.561. The van der Waals surface area contributed by atoms with E-state index >= 15 is 0 Å². The van der Waals surface area contributed by atoms with E-state index in [-0.39, 0.29) is 5.91 Å². The smallest absolute Gasteiger partial charge is 0.230 e. The van der Waals surface area contributed by atoms with Crippen molar-refractivity contribution in [3.05, 3.63) is 65.2 Å². The van der Waals surface area contributed by atoms with Crippen molar-refractivity contribution in [2.45, 2.75) is 10.6 Å². The van der Waals surface area contributed by atoms with Crippen molar-refractivity contribution in [3.8, 4) is 0 Å². The minimum atomic E-state index is 0.0807. The normalized spacial score (nSPS) is 10.4.